The van der Waals surface area contributed by atoms with Gasteiger partial charge in [0, 0.05) is 45.1 Å². The zero-order valence-electron chi connectivity index (χ0n) is 19.4. The number of carbonyl (C=O) groups excluding carboxylic acids is 1. The average molecular weight is 435 g/mol. The smallest absolute Gasteiger partial charge is 0.223 e. The van der Waals surface area contributed by atoms with Gasteiger partial charge in [0.15, 0.2) is 0 Å². The van der Waals surface area contributed by atoms with E-state index in [2.05, 4.69) is 23.2 Å². The van der Waals surface area contributed by atoms with E-state index in [4.69, 9.17) is 14.2 Å². The van der Waals surface area contributed by atoms with Crippen LogP contribution in [0.4, 0.5) is 0 Å². The van der Waals surface area contributed by atoms with Gasteiger partial charge in [-0.25, -0.2) is 0 Å². The second kappa shape index (κ2) is 11.3. The Bertz CT molecular complexity index is 748. The summed E-state index contributed by atoms with van der Waals surface area (Å²) in [6, 6.07) is 2.05. The van der Waals surface area contributed by atoms with Crippen molar-refractivity contribution in [2.24, 2.45) is 11.8 Å². The van der Waals surface area contributed by atoms with E-state index in [0.29, 0.717) is 19.8 Å². The van der Waals surface area contributed by atoms with Gasteiger partial charge in [0.25, 0.3) is 0 Å². The lowest BCUT2D eigenvalue weighted by molar-refractivity contribution is -0.128. The lowest BCUT2D eigenvalue weighted by atomic mass is 9.72. The third kappa shape index (κ3) is 5.77. The van der Waals surface area contributed by atoms with Gasteiger partial charge < -0.3 is 24.6 Å². The molecule has 0 saturated carbocycles. The summed E-state index contributed by atoms with van der Waals surface area (Å²) in [5.74, 6) is 0.437. The maximum absolute atomic E-state index is 12.8. The van der Waals surface area contributed by atoms with Crippen LogP contribution < -0.4 is 10.1 Å². The van der Waals surface area contributed by atoms with E-state index in [0.717, 1.165) is 68.1 Å². The van der Waals surface area contributed by atoms with Crippen molar-refractivity contribution in [3.05, 3.63) is 28.3 Å². The van der Waals surface area contributed by atoms with Gasteiger partial charge >= 0.3 is 0 Å². The number of rotatable bonds is 9. The van der Waals surface area contributed by atoms with Crippen molar-refractivity contribution in [1.82, 2.24) is 10.2 Å². The number of benzene rings is 1. The van der Waals surface area contributed by atoms with E-state index in [1.807, 2.05) is 13.8 Å². The number of hydrogen-bond acceptors (Lipinski definition) is 6. The normalized spacial score (nSPS) is 22.6. The van der Waals surface area contributed by atoms with Crippen LogP contribution in [0.1, 0.15) is 41.7 Å². The van der Waals surface area contributed by atoms with Crippen LogP contribution >= 0.6 is 0 Å². The van der Waals surface area contributed by atoms with E-state index < -0.39 is 6.10 Å². The van der Waals surface area contributed by atoms with E-state index in [-0.39, 0.29) is 17.7 Å². The molecule has 0 bridgehead atoms. The minimum atomic E-state index is -0.673. The largest absolute Gasteiger partial charge is 0.491 e. The Balaban J connectivity index is 1.64. The zero-order chi connectivity index (χ0) is 22.4. The molecule has 7 nitrogen and oxygen atoms in total. The predicted octanol–water partition coefficient (Wildman–Crippen LogP) is 2.01. The number of ether oxygens (including phenoxy) is 3. The third-order valence-corrected chi connectivity index (χ3v) is 6.78. The van der Waals surface area contributed by atoms with Crippen molar-refractivity contribution in [1.29, 1.82) is 0 Å². The van der Waals surface area contributed by atoms with Crippen LogP contribution in [0.25, 0.3) is 0 Å². The Kier molecular flexibility index (Phi) is 8.72. The molecule has 0 spiro atoms. The molecule has 0 unspecified atom stereocenters. The summed E-state index contributed by atoms with van der Waals surface area (Å²) >= 11 is 0. The molecular weight excluding hydrogens is 396 g/mol. The van der Waals surface area contributed by atoms with Crippen molar-refractivity contribution >= 4 is 5.91 Å². The summed E-state index contributed by atoms with van der Waals surface area (Å²) in [7, 11) is 1.65. The summed E-state index contributed by atoms with van der Waals surface area (Å²) in [6.07, 6.45) is 0.998. The average Bonchev–Trinajstić information content (AvgIpc) is 2.77. The van der Waals surface area contributed by atoms with Crippen LogP contribution in [0.3, 0.4) is 0 Å². The standard InChI is InChI=1S/C24H38N2O5/c1-16-15-21(31-14-13-29-4)18(3)22-19(16)5-6-20(23(22)27)17(2)24(28)25-7-8-26-9-11-30-12-10-26/h15,17,20,23,27H,5-14H2,1-4H3,(H,25,28)/t17-,20+,23+/m0/s1. The van der Waals surface area contributed by atoms with Crippen molar-refractivity contribution < 1.29 is 24.1 Å². The van der Waals surface area contributed by atoms with Gasteiger partial charge in [-0.15, -0.1) is 0 Å². The Morgan fingerprint density at radius 1 is 1.32 bits per heavy atom. The summed E-state index contributed by atoms with van der Waals surface area (Å²) in [6.45, 7) is 11.8. The molecule has 174 valence electrons. The molecule has 1 amide bonds. The highest BCUT2D eigenvalue weighted by atomic mass is 16.5. The molecule has 1 aromatic rings. The van der Waals surface area contributed by atoms with Gasteiger partial charge in [-0.3, -0.25) is 9.69 Å². The van der Waals surface area contributed by atoms with Crippen LogP contribution in [-0.4, -0.2) is 75.6 Å². The molecule has 3 atom stereocenters. The van der Waals surface area contributed by atoms with E-state index >= 15 is 0 Å². The molecule has 1 aliphatic heterocycles. The number of amides is 1. The molecule has 0 aromatic heterocycles. The third-order valence-electron chi connectivity index (χ3n) is 6.78. The van der Waals surface area contributed by atoms with Gasteiger partial charge in [-0.1, -0.05) is 6.92 Å². The summed E-state index contributed by atoms with van der Waals surface area (Å²) < 4.78 is 16.3. The highest BCUT2D eigenvalue weighted by molar-refractivity contribution is 5.78. The van der Waals surface area contributed by atoms with Crippen LogP contribution in [0.15, 0.2) is 6.07 Å². The number of morpholine rings is 1. The van der Waals surface area contributed by atoms with Crippen LogP contribution in [0, 0.1) is 25.7 Å². The first-order valence-corrected chi connectivity index (χ1v) is 11.4. The quantitative estimate of drug-likeness (QED) is 0.579. The maximum Gasteiger partial charge on any atom is 0.223 e. The van der Waals surface area contributed by atoms with Crippen LogP contribution in [0.5, 0.6) is 5.75 Å². The number of aliphatic hydroxyl groups is 1. The SMILES string of the molecule is COCCOc1cc(C)c2c(c1C)[C@H](O)[C@@H]([C@H](C)C(=O)NCCN1CCOCC1)CC2. The van der Waals surface area contributed by atoms with Gasteiger partial charge in [-0.2, -0.15) is 0 Å². The van der Waals surface area contributed by atoms with Crippen LogP contribution in [0.2, 0.25) is 0 Å². The Hall–Kier alpha value is -1.67. The number of aliphatic hydroxyl groups excluding tert-OH is 1. The Labute approximate surface area is 186 Å². The topological polar surface area (TPSA) is 80.3 Å². The molecule has 1 aromatic carbocycles. The van der Waals surface area contributed by atoms with Crippen molar-refractivity contribution in [3.8, 4) is 5.75 Å². The maximum atomic E-state index is 12.8. The molecule has 1 saturated heterocycles. The number of fused-ring (bicyclic) bond motifs is 1. The molecule has 1 fully saturated rings. The summed E-state index contributed by atoms with van der Waals surface area (Å²) in [5, 5.41) is 14.4. The second-order valence-corrected chi connectivity index (χ2v) is 8.73. The molecule has 2 N–H and O–H groups in total. The molecule has 3 rings (SSSR count). The highest BCUT2D eigenvalue weighted by Gasteiger charge is 2.37. The number of nitrogens with one attached hydrogen (secondary N) is 1. The molecule has 31 heavy (non-hydrogen) atoms. The Morgan fingerprint density at radius 2 is 2.06 bits per heavy atom. The highest BCUT2D eigenvalue weighted by Crippen LogP contribution is 2.43. The van der Waals surface area contributed by atoms with E-state index in [1.165, 1.54) is 5.56 Å². The lowest BCUT2D eigenvalue weighted by Gasteiger charge is -2.36. The fourth-order valence-corrected chi connectivity index (χ4v) is 4.80. The molecule has 1 aliphatic carbocycles. The van der Waals surface area contributed by atoms with E-state index in [1.54, 1.807) is 7.11 Å². The number of carbonyl (C=O) groups is 1. The Morgan fingerprint density at radius 3 is 2.77 bits per heavy atom. The molecule has 0 radical (unpaired) electrons. The number of aryl methyl sites for hydroxylation is 1. The van der Waals surface area contributed by atoms with Gasteiger partial charge in [0.05, 0.1) is 25.9 Å². The van der Waals surface area contributed by atoms with Gasteiger partial charge in [0.2, 0.25) is 5.91 Å². The minimum Gasteiger partial charge on any atom is -0.491 e. The first-order valence-electron chi connectivity index (χ1n) is 11.4. The van der Waals surface area contributed by atoms with Crippen LogP contribution in [-0.2, 0) is 20.7 Å². The van der Waals surface area contributed by atoms with E-state index in [9.17, 15) is 9.90 Å². The molecule has 7 heteroatoms. The molecule has 1 heterocycles. The molecular formula is C24H38N2O5. The first kappa shape index (κ1) is 24.0. The fraction of sp³-hybridized carbons (Fsp3) is 0.708. The molecule has 2 aliphatic rings. The second-order valence-electron chi connectivity index (χ2n) is 8.73. The lowest BCUT2D eigenvalue weighted by Crippen LogP contribution is -2.43. The zero-order valence-corrected chi connectivity index (χ0v) is 19.4. The van der Waals surface area contributed by atoms with Crippen molar-refractivity contribution in [3.63, 3.8) is 0 Å². The summed E-state index contributed by atoms with van der Waals surface area (Å²) in [4.78, 5) is 15.1. The number of hydrogen-bond donors (Lipinski definition) is 2. The van der Waals surface area contributed by atoms with Crippen molar-refractivity contribution in [2.45, 2.75) is 39.7 Å². The van der Waals surface area contributed by atoms with Crippen molar-refractivity contribution in [2.75, 3.05) is 59.7 Å². The first-order chi connectivity index (χ1) is 14.9. The monoisotopic (exact) mass is 434 g/mol. The van der Waals surface area contributed by atoms with Gasteiger partial charge in [-0.05, 0) is 55.0 Å². The predicted molar refractivity (Wildman–Crippen MR) is 119 cm³/mol. The minimum absolute atomic E-state index is 0.0163. The number of methoxy groups -OCH3 is 1. The van der Waals surface area contributed by atoms with Gasteiger partial charge in [0.1, 0.15) is 12.4 Å². The summed E-state index contributed by atoms with van der Waals surface area (Å²) in [5.41, 5.74) is 4.24. The number of nitrogens with zero attached hydrogens (tertiary/aromatic N) is 1. The fourth-order valence-electron chi connectivity index (χ4n) is 4.80.